The summed E-state index contributed by atoms with van der Waals surface area (Å²) >= 11 is 5.84. The van der Waals surface area contributed by atoms with Crippen LogP contribution in [-0.4, -0.2) is 22.1 Å². The second-order valence-corrected chi connectivity index (χ2v) is 4.76. The van der Waals surface area contributed by atoms with Gasteiger partial charge in [-0.1, -0.05) is 29.8 Å². The fourth-order valence-corrected chi connectivity index (χ4v) is 2.04. The minimum absolute atomic E-state index is 0.0862. The molecule has 6 heteroatoms. The molecule has 0 fully saturated rings. The summed E-state index contributed by atoms with van der Waals surface area (Å²) in [6.07, 6.45) is 0. The Morgan fingerprint density at radius 2 is 1.76 bits per heavy atom. The number of nitrogens with one attached hydrogen (secondary N) is 1. The molecule has 0 bridgehead atoms. The fraction of sp³-hybridized carbons (Fsp3) is 0.0667. The van der Waals surface area contributed by atoms with Crippen LogP contribution in [0.1, 0.15) is 26.3 Å². The SMILES string of the molecule is O=C(O)c1cccc(C(=O)NCc2cccc(Cl)c2)c1O. The van der Waals surface area contributed by atoms with Crippen molar-refractivity contribution in [2.75, 3.05) is 0 Å². The van der Waals surface area contributed by atoms with E-state index in [4.69, 9.17) is 16.7 Å². The van der Waals surface area contributed by atoms with Gasteiger partial charge in [0.1, 0.15) is 11.3 Å². The van der Waals surface area contributed by atoms with Crippen molar-refractivity contribution in [2.45, 2.75) is 6.54 Å². The van der Waals surface area contributed by atoms with Crippen LogP contribution in [0, 0.1) is 0 Å². The van der Waals surface area contributed by atoms with Crippen LogP contribution in [-0.2, 0) is 6.54 Å². The molecule has 3 N–H and O–H groups in total. The smallest absolute Gasteiger partial charge is 0.339 e. The summed E-state index contributed by atoms with van der Waals surface area (Å²) in [4.78, 5) is 22.9. The normalized spacial score (nSPS) is 10.1. The van der Waals surface area contributed by atoms with E-state index < -0.39 is 17.6 Å². The van der Waals surface area contributed by atoms with Crippen molar-refractivity contribution in [3.63, 3.8) is 0 Å². The molecule has 2 aromatic carbocycles. The molecule has 0 saturated heterocycles. The van der Waals surface area contributed by atoms with E-state index in [9.17, 15) is 14.7 Å². The van der Waals surface area contributed by atoms with Crippen LogP contribution in [0.3, 0.4) is 0 Å². The molecule has 0 aliphatic carbocycles. The summed E-state index contributed by atoms with van der Waals surface area (Å²) in [5, 5.41) is 21.9. The van der Waals surface area contributed by atoms with Gasteiger partial charge in [0.15, 0.2) is 0 Å². The van der Waals surface area contributed by atoms with Gasteiger partial charge in [0.25, 0.3) is 5.91 Å². The first-order chi connectivity index (χ1) is 9.99. The van der Waals surface area contributed by atoms with Crippen molar-refractivity contribution >= 4 is 23.5 Å². The zero-order chi connectivity index (χ0) is 15.4. The minimum Gasteiger partial charge on any atom is -0.506 e. The Morgan fingerprint density at radius 3 is 2.43 bits per heavy atom. The number of benzene rings is 2. The molecule has 1 amide bonds. The first-order valence-corrected chi connectivity index (χ1v) is 6.44. The highest BCUT2D eigenvalue weighted by atomic mass is 35.5. The van der Waals surface area contributed by atoms with E-state index in [0.29, 0.717) is 5.02 Å². The molecule has 0 unspecified atom stereocenters. The lowest BCUT2D eigenvalue weighted by molar-refractivity contribution is 0.0693. The van der Waals surface area contributed by atoms with Gasteiger partial charge in [-0.05, 0) is 29.8 Å². The number of carbonyl (C=O) groups is 2. The molecule has 0 atom stereocenters. The van der Waals surface area contributed by atoms with Gasteiger partial charge >= 0.3 is 5.97 Å². The van der Waals surface area contributed by atoms with Crippen LogP contribution >= 0.6 is 11.6 Å². The molecule has 21 heavy (non-hydrogen) atoms. The van der Waals surface area contributed by atoms with Crippen LogP contribution in [0.15, 0.2) is 42.5 Å². The van der Waals surface area contributed by atoms with Gasteiger partial charge in [-0.25, -0.2) is 4.79 Å². The van der Waals surface area contributed by atoms with E-state index in [2.05, 4.69) is 5.32 Å². The molecule has 108 valence electrons. The minimum atomic E-state index is -1.29. The number of hydrogen-bond acceptors (Lipinski definition) is 3. The van der Waals surface area contributed by atoms with Crippen molar-refractivity contribution < 1.29 is 19.8 Å². The maximum Gasteiger partial charge on any atom is 0.339 e. The van der Waals surface area contributed by atoms with Gasteiger partial charge in [0.2, 0.25) is 0 Å². The number of phenols is 1. The largest absolute Gasteiger partial charge is 0.506 e. The van der Waals surface area contributed by atoms with Crippen molar-refractivity contribution in [3.8, 4) is 5.75 Å². The van der Waals surface area contributed by atoms with Gasteiger partial charge in [0.05, 0.1) is 5.56 Å². The van der Waals surface area contributed by atoms with E-state index in [1.807, 2.05) is 0 Å². The Balaban J connectivity index is 2.14. The van der Waals surface area contributed by atoms with Gasteiger partial charge in [0, 0.05) is 11.6 Å². The van der Waals surface area contributed by atoms with Gasteiger partial charge < -0.3 is 15.5 Å². The number of aromatic hydroxyl groups is 1. The summed E-state index contributed by atoms with van der Waals surface area (Å²) in [5.74, 6) is -2.40. The summed E-state index contributed by atoms with van der Waals surface area (Å²) < 4.78 is 0. The van der Waals surface area contributed by atoms with Crippen LogP contribution in [0.2, 0.25) is 5.02 Å². The molecule has 2 rings (SSSR count). The van der Waals surface area contributed by atoms with Crippen LogP contribution < -0.4 is 5.32 Å². The van der Waals surface area contributed by atoms with Gasteiger partial charge in [-0.2, -0.15) is 0 Å². The first kappa shape index (κ1) is 14.9. The van der Waals surface area contributed by atoms with Crippen LogP contribution in [0.5, 0.6) is 5.75 Å². The highest BCUT2D eigenvalue weighted by molar-refractivity contribution is 6.30. The lowest BCUT2D eigenvalue weighted by atomic mass is 10.1. The quantitative estimate of drug-likeness (QED) is 0.810. The van der Waals surface area contributed by atoms with E-state index in [1.54, 1.807) is 24.3 Å². The van der Waals surface area contributed by atoms with Crippen molar-refractivity contribution in [1.82, 2.24) is 5.32 Å². The number of halogens is 1. The van der Waals surface area contributed by atoms with E-state index in [0.717, 1.165) is 5.56 Å². The molecule has 0 radical (unpaired) electrons. The first-order valence-electron chi connectivity index (χ1n) is 6.07. The number of carbonyl (C=O) groups excluding carboxylic acids is 1. The zero-order valence-electron chi connectivity index (χ0n) is 10.8. The maximum atomic E-state index is 12.0. The Morgan fingerprint density at radius 1 is 1.10 bits per heavy atom. The molecule has 0 heterocycles. The van der Waals surface area contributed by atoms with Crippen molar-refractivity contribution in [3.05, 3.63) is 64.2 Å². The average molecular weight is 306 g/mol. The van der Waals surface area contributed by atoms with Gasteiger partial charge in [-0.15, -0.1) is 0 Å². The summed E-state index contributed by atoms with van der Waals surface area (Å²) in [6.45, 7) is 0.218. The number of para-hydroxylation sites is 1. The van der Waals surface area contributed by atoms with Crippen molar-refractivity contribution in [2.24, 2.45) is 0 Å². The lowest BCUT2D eigenvalue weighted by Gasteiger charge is -2.08. The molecule has 0 saturated carbocycles. The Hall–Kier alpha value is -2.53. The topological polar surface area (TPSA) is 86.6 Å². The fourth-order valence-electron chi connectivity index (χ4n) is 1.82. The molecule has 0 aromatic heterocycles. The monoisotopic (exact) mass is 305 g/mol. The zero-order valence-corrected chi connectivity index (χ0v) is 11.6. The highest BCUT2D eigenvalue weighted by Crippen LogP contribution is 2.22. The predicted octanol–water partition coefficient (Wildman–Crippen LogP) is 2.67. The average Bonchev–Trinajstić information content (AvgIpc) is 2.45. The third kappa shape index (κ3) is 3.52. The van der Waals surface area contributed by atoms with Gasteiger partial charge in [-0.3, -0.25) is 4.79 Å². The second-order valence-electron chi connectivity index (χ2n) is 4.32. The van der Waals surface area contributed by atoms with E-state index in [-0.39, 0.29) is 17.7 Å². The summed E-state index contributed by atoms with van der Waals surface area (Å²) in [5.41, 5.74) is 0.395. The summed E-state index contributed by atoms with van der Waals surface area (Å²) in [6, 6.07) is 11.0. The number of carboxylic acid groups (broad SMARTS) is 1. The summed E-state index contributed by atoms with van der Waals surface area (Å²) in [7, 11) is 0. The second kappa shape index (κ2) is 6.28. The number of hydrogen-bond donors (Lipinski definition) is 3. The highest BCUT2D eigenvalue weighted by Gasteiger charge is 2.17. The standard InChI is InChI=1S/C15H12ClNO4/c16-10-4-1-3-9(7-10)8-17-14(19)11-5-2-6-12(13(11)18)15(20)21/h1-7,18H,8H2,(H,17,19)(H,20,21). The maximum absolute atomic E-state index is 12.0. The van der Waals surface area contributed by atoms with Crippen molar-refractivity contribution in [1.29, 1.82) is 0 Å². The third-order valence-electron chi connectivity index (χ3n) is 2.85. The lowest BCUT2D eigenvalue weighted by Crippen LogP contribution is -2.23. The third-order valence-corrected chi connectivity index (χ3v) is 3.09. The number of aromatic carboxylic acids is 1. The molecule has 5 nitrogen and oxygen atoms in total. The number of rotatable bonds is 4. The Bertz CT molecular complexity index is 700. The molecule has 0 aliphatic heterocycles. The molecule has 2 aromatic rings. The number of amides is 1. The van der Waals surface area contributed by atoms with E-state index >= 15 is 0 Å². The molecule has 0 spiro atoms. The van der Waals surface area contributed by atoms with Crippen LogP contribution in [0.25, 0.3) is 0 Å². The Kier molecular flexibility index (Phi) is 4.45. The molecular weight excluding hydrogens is 294 g/mol. The number of carboxylic acids is 1. The molecular formula is C15H12ClNO4. The van der Waals surface area contributed by atoms with E-state index in [1.165, 1.54) is 18.2 Å². The molecule has 0 aliphatic rings. The predicted molar refractivity (Wildman–Crippen MR) is 77.7 cm³/mol. The van der Waals surface area contributed by atoms with Crippen LogP contribution in [0.4, 0.5) is 0 Å². The Labute approximate surface area is 125 Å².